The van der Waals surface area contributed by atoms with Gasteiger partial charge >= 0.3 is 0 Å². The van der Waals surface area contributed by atoms with Gasteiger partial charge in [0.05, 0.1) is 17.3 Å². The van der Waals surface area contributed by atoms with Crippen LogP contribution in [0.15, 0.2) is 48.5 Å². The number of fused-ring (bicyclic) bond motifs is 1. The van der Waals surface area contributed by atoms with E-state index in [-0.39, 0.29) is 5.91 Å². The van der Waals surface area contributed by atoms with Crippen LogP contribution in [-0.2, 0) is 11.3 Å². The van der Waals surface area contributed by atoms with E-state index < -0.39 is 0 Å². The number of piperidine rings is 1. The maximum Gasteiger partial charge on any atom is 0.220 e. The third kappa shape index (κ3) is 5.07. The number of hydrogen-bond donors (Lipinski definition) is 1. The predicted octanol–water partition coefficient (Wildman–Crippen LogP) is 4.62. The maximum atomic E-state index is 12.3. The number of benzene rings is 2. The van der Waals surface area contributed by atoms with Gasteiger partial charge in [0.1, 0.15) is 5.75 Å². The second-order valence-electron chi connectivity index (χ2n) is 7.59. The van der Waals surface area contributed by atoms with Crippen molar-refractivity contribution in [1.29, 1.82) is 0 Å². The number of rotatable bonds is 7. The molecule has 6 heteroatoms. The number of para-hydroxylation sites is 1. The molecular weight excluding hydrogens is 382 g/mol. The van der Waals surface area contributed by atoms with Crippen LogP contribution in [0.1, 0.15) is 31.2 Å². The Balaban J connectivity index is 1.26. The number of carbonyl (C=O) groups excluding carboxylic acids is 1. The fraction of sp³-hybridized carbons (Fsp3) is 0.391. The lowest BCUT2D eigenvalue weighted by molar-refractivity contribution is -0.121. The lowest BCUT2D eigenvalue weighted by Gasteiger charge is -2.32. The molecule has 2 aromatic carbocycles. The summed E-state index contributed by atoms with van der Waals surface area (Å²) in [4.78, 5) is 19.5. The highest BCUT2D eigenvalue weighted by atomic mass is 32.1. The predicted molar refractivity (Wildman–Crippen MR) is 119 cm³/mol. The number of anilines is 1. The number of nitrogens with one attached hydrogen (secondary N) is 1. The van der Waals surface area contributed by atoms with Gasteiger partial charge < -0.3 is 15.0 Å². The standard InChI is InChI=1S/C23H27N3O2S/c1-28-19-8-4-6-18(14-19)15-24-22(27)12-11-17-7-5-13-26(16-17)23-25-20-9-2-3-10-21(20)29-23/h2-4,6,8-10,14,17H,5,7,11-13,15-16H2,1H3,(H,24,27)/t17-/m0/s1. The molecule has 152 valence electrons. The van der Waals surface area contributed by atoms with Crippen molar-refractivity contribution in [3.63, 3.8) is 0 Å². The summed E-state index contributed by atoms with van der Waals surface area (Å²) in [5, 5.41) is 4.14. The second kappa shape index (κ2) is 9.27. The van der Waals surface area contributed by atoms with Crippen LogP contribution < -0.4 is 15.0 Å². The first kappa shape index (κ1) is 19.7. The van der Waals surface area contributed by atoms with Gasteiger partial charge in [-0.2, -0.15) is 0 Å². The van der Waals surface area contributed by atoms with Gasteiger partial charge in [0.25, 0.3) is 0 Å². The van der Waals surface area contributed by atoms with Crippen molar-refractivity contribution < 1.29 is 9.53 Å². The van der Waals surface area contributed by atoms with E-state index in [9.17, 15) is 4.79 Å². The highest BCUT2D eigenvalue weighted by Crippen LogP contribution is 2.32. The third-order valence-corrected chi connectivity index (χ3v) is 6.57. The number of thiazole rings is 1. The number of carbonyl (C=O) groups is 1. The zero-order valence-corrected chi connectivity index (χ0v) is 17.6. The Kier molecular flexibility index (Phi) is 6.30. The summed E-state index contributed by atoms with van der Waals surface area (Å²) in [5.41, 5.74) is 2.13. The van der Waals surface area contributed by atoms with Gasteiger partial charge in [0.15, 0.2) is 5.13 Å². The Bertz CT molecular complexity index is 938. The number of amides is 1. The molecule has 1 aliphatic heterocycles. The molecule has 1 fully saturated rings. The number of methoxy groups -OCH3 is 1. The van der Waals surface area contributed by atoms with Crippen LogP contribution in [0, 0.1) is 5.92 Å². The lowest BCUT2D eigenvalue weighted by Crippen LogP contribution is -2.36. The Morgan fingerprint density at radius 3 is 3.03 bits per heavy atom. The molecule has 1 amide bonds. The van der Waals surface area contributed by atoms with E-state index in [0.717, 1.165) is 47.9 Å². The highest BCUT2D eigenvalue weighted by Gasteiger charge is 2.23. The Morgan fingerprint density at radius 2 is 2.17 bits per heavy atom. The number of nitrogens with zero attached hydrogens (tertiary/aromatic N) is 2. The zero-order valence-electron chi connectivity index (χ0n) is 16.8. The van der Waals surface area contributed by atoms with Gasteiger partial charge in [-0.25, -0.2) is 4.98 Å². The highest BCUT2D eigenvalue weighted by molar-refractivity contribution is 7.22. The van der Waals surface area contributed by atoms with Crippen LogP contribution in [0.3, 0.4) is 0 Å². The Morgan fingerprint density at radius 1 is 1.28 bits per heavy atom. The van der Waals surface area contributed by atoms with Crippen molar-refractivity contribution in [2.45, 2.75) is 32.2 Å². The summed E-state index contributed by atoms with van der Waals surface area (Å²) in [6.45, 7) is 2.58. The Hall–Kier alpha value is -2.60. The normalized spacial score (nSPS) is 16.7. The van der Waals surface area contributed by atoms with E-state index in [1.54, 1.807) is 18.4 Å². The Labute approximate surface area is 175 Å². The van der Waals surface area contributed by atoms with E-state index in [2.05, 4.69) is 28.4 Å². The van der Waals surface area contributed by atoms with Gasteiger partial charge in [-0.15, -0.1) is 0 Å². The van der Waals surface area contributed by atoms with Crippen molar-refractivity contribution >= 4 is 32.6 Å². The van der Waals surface area contributed by atoms with Crippen LogP contribution in [0.2, 0.25) is 0 Å². The average Bonchev–Trinajstić information content (AvgIpc) is 3.21. The van der Waals surface area contributed by atoms with Gasteiger partial charge in [-0.1, -0.05) is 35.6 Å². The van der Waals surface area contributed by atoms with E-state index >= 15 is 0 Å². The first-order valence-corrected chi connectivity index (χ1v) is 11.0. The topological polar surface area (TPSA) is 54.5 Å². The quantitative estimate of drug-likeness (QED) is 0.619. The van der Waals surface area contributed by atoms with Gasteiger partial charge in [0.2, 0.25) is 5.91 Å². The van der Waals surface area contributed by atoms with Crippen molar-refractivity contribution in [3.05, 3.63) is 54.1 Å². The summed E-state index contributed by atoms with van der Waals surface area (Å²) in [5.74, 6) is 1.47. The van der Waals surface area contributed by atoms with Crippen molar-refractivity contribution in [1.82, 2.24) is 10.3 Å². The van der Waals surface area contributed by atoms with Gasteiger partial charge in [0, 0.05) is 26.1 Å². The smallest absolute Gasteiger partial charge is 0.220 e. The fourth-order valence-corrected chi connectivity index (χ4v) is 4.88. The fourth-order valence-electron chi connectivity index (χ4n) is 3.88. The average molecular weight is 410 g/mol. The molecule has 1 N–H and O–H groups in total. The zero-order chi connectivity index (χ0) is 20.1. The molecule has 29 heavy (non-hydrogen) atoms. The molecule has 3 aromatic rings. The monoisotopic (exact) mass is 409 g/mol. The van der Waals surface area contributed by atoms with Crippen molar-refractivity contribution in [3.8, 4) is 5.75 Å². The molecule has 0 spiro atoms. The molecule has 1 atom stereocenters. The molecular formula is C23H27N3O2S. The number of aromatic nitrogens is 1. The van der Waals surface area contributed by atoms with Crippen LogP contribution in [0.5, 0.6) is 5.75 Å². The third-order valence-electron chi connectivity index (χ3n) is 5.48. The molecule has 0 aliphatic carbocycles. The van der Waals surface area contributed by atoms with Gasteiger partial charge in [-0.3, -0.25) is 4.79 Å². The van der Waals surface area contributed by atoms with Crippen LogP contribution in [0.25, 0.3) is 10.2 Å². The van der Waals surface area contributed by atoms with Crippen LogP contribution in [-0.4, -0.2) is 31.1 Å². The van der Waals surface area contributed by atoms with Gasteiger partial charge in [-0.05, 0) is 55.0 Å². The van der Waals surface area contributed by atoms with Crippen LogP contribution >= 0.6 is 11.3 Å². The molecule has 1 aliphatic rings. The molecule has 0 radical (unpaired) electrons. The number of hydrogen-bond acceptors (Lipinski definition) is 5. The minimum absolute atomic E-state index is 0.116. The molecule has 1 saturated heterocycles. The summed E-state index contributed by atoms with van der Waals surface area (Å²) in [7, 11) is 1.65. The molecule has 0 unspecified atom stereocenters. The molecule has 0 bridgehead atoms. The largest absolute Gasteiger partial charge is 0.497 e. The minimum atomic E-state index is 0.116. The van der Waals surface area contributed by atoms with E-state index in [4.69, 9.17) is 9.72 Å². The second-order valence-corrected chi connectivity index (χ2v) is 8.59. The first-order chi connectivity index (χ1) is 14.2. The summed E-state index contributed by atoms with van der Waals surface area (Å²) in [6.07, 6.45) is 3.84. The minimum Gasteiger partial charge on any atom is -0.497 e. The first-order valence-electron chi connectivity index (χ1n) is 10.2. The van der Waals surface area contributed by atoms with Crippen LogP contribution in [0.4, 0.5) is 5.13 Å². The SMILES string of the molecule is COc1cccc(CNC(=O)CC[C@@H]2CCCN(c3nc4ccccc4s3)C2)c1. The molecule has 1 aromatic heterocycles. The number of ether oxygens (including phenoxy) is 1. The summed E-state index contributed by atoms with van der Waals surface area (Å²) >= 11 is 1.76. The lowest BCUT2D eigenvalue weighted by atomic mass is 9.93. The van der Waals surface area contributed by atoms with Crippen molar-refractivity contribution in [2.24, 2.45) is 5.92 Å². The summed E-state index contributed by atoms with van der Waals surface area (Å²) in [6, 6.07) is 16.1. The van der Waals surface area contributed by atoms with E-state index in [0.29, 0.717) is 18.9 Å². The van der Waals surface area contributed by atoms with E-state index in [1.807, 2.05) is 30.3 Å². The molecule has 5 nitrogen and oxygen atoms in total. The van der Waals surface area contributed by atoms with E-state index in [1.165, 1.54) is 11.1 Å². The summed E-state index contributed by atoms with van der Waals surface area (Å²) < 4.78 is 6.47. The van der Waals surface area contributed by atoms with Crippen molar-refractivity contribution in [2.75, 3.05) is 25.1 Å². The molecule has 0 saturated carbocycles. The maximum absolute atomic E-state index is 12.3. The molecule has 4 rings (SSSR count). The molecule has 2 heterocycles.